The molecule has 0 radical (unpaired) electrons. The van der Waals surface area contributed by atoms with Crippen LogP contribution in [0.1, 0.15) is 45.6 Å². The largest absolute Gasteiger partial charge is 0.396 e. The highest BCUT2D eigenvalue weighted by atomic mass is 32.2. The van der Waals surface area contributed by atoms with Gasteiger partial charge in [0.2, 0.25) is 47.3 Å². The molecule has 5 rings (SSSR count). The normalized spacial score (nSPS) is 27.8. The van der Waals surface area contributed by atoms with Crippen molar-refractivity contribution in [3.8, 4) is 0 Å². The number of aromatic nitrogens is 1. The van der Waals surface area contributed by atoms with E-state index in [0.29, 0.717) is 27.9 Å². The molecule has 61 heavy (non-hydrogen) atoms. The fraction of sp³-hybridized carbons (Fsp3) is 0.553. The smallest absolute Gasteiger partial charge is 0.347 e. The molecule has 1 saturated heterocycles. The van der Waals surface area contributed by atoms with Gasteiger partial charge < -0.3 is 62.6 Å². The van der Waals surface area contributed by atoms with Gasteiger partial charge in [0.15, 0.2) is 0 Å². The highest BCUT2D eigenvalue weighted by Crippen LogP contribution is 2.32. The van der Waals surface area contributed by atoms with Gasteiger partial charge in [-0.2, -0.15) is 0 Å². The summed E-state index contributed by atoms with van der Waals surface area (Å²) in [5.74, 6) is -9.88. The zero-order valence-corrected chi connectivity index (χ0v) is 34.6. The summed E-state index contributed by atoms with van der Waals surface area (Å²) in [6.45, 7) is 2.59. The van der Waals surface area contributed by atoms with Gasteiger partial charge in [-0.25, -0.2) is 4.79 Å². The maximum absolute atomic E-state index is 14.2. The maximum Gasteiger partial charge on any atom is 0.347 e. The molecular weight excluding hydrogens is 821 g/mol. The van der Waals surface area contributed by atoms with Gasteiger partial charge in [0.1, 0.15) is 36.3 Å². The Morgan fingerprint density at radius 3 is 2.26 bits per heavy atom. The number of para-hydroxylation sites is 1. The van der Waals surface area contributed by atoms with E-state index in [1.54, 1.807) is 38.1 Å². The average molecular weight is 873 g/mol. The summed E-state index contributed by atoms with van der Waals surface area (Å²) in [4.78, 5) is 132. The number of carbonyl (C=O) groups excluding carboxylic acids is 9. The molecule has 1 fully saturated rings. The number of nitrogens with two attached hydrogens (primary N) is 1. The lowest BCUT2D eigenvalue weighted by atomic mass is 9.98. The van der Waals surface area contributed by atoms with Crippen molar-refractivity contribution in [1.29, 1.82) is 0 Å². The number of aliphatic hydroxyl groups is 2. The number of hydrogen-bond donors (Lipinski definition) is 11. The first-order chi connectivity index (χ1) is 29.0. The molecule has 2 bridgehead atoms. The second-order valence-corrected chi connectivity index (χ2v) is 16.4. The third kappa shape index (κ3) is 11.5. The van der Waals surface area contributed by atoms with Crippen molar-refractivity contribution < 1.29 is 58.2 Å². The number of amides is 8. The van der Waals surface area contributed by atoms with Crippen molar-refractivity contribution in [3.05, 3.63) is 29.8 Å². The number of hydroxylamine groups is 1. The Hall–Kier alpha value is -5.78. The maximum atomic E-state index is 14.2. The second kappa shape index (κ2) is 20.7. The van der Waals surface area contributed by atoms with Crippen LogP contribution in [0, 0.1) is 11.8 Å². The van der Waals surface area contributed by atoms with Crippen molar-refractivity contribution in [1.82, 2.24) is 47.3 Å². The number of aromatic amines is 1. The number of carbonyl (C=O) groups is 9. The van der Waals surface area contributed by atoms with E-state index in [1.807, 2.05) is 0 Å². The number of thioether (sulfide) groups is 1. The van der Waals surface area contributed by atoms with Gasteiger partial charge in [0.25, 0.3) is 0 Å². The van der Waals surface area contributed by atoms with E-state index >= 15 is 0 Å². The number of nitrogens with one attached hydrogen (secondary N) is 8. The molecule has 0 saturated carbocycles. The summed E-state index contributed by atoms with van der Waals surface area (Å²) < 4.78 is 0. The third-order valence-electron chi connectivity index (χ3n) is 10.8. The monoisotopic (exact) mass is 872 g/mol. The van der Waals surface area contributed by atoms with Crippen molar-refractivity contribution >= 4 is 75.9 Å². The van der Waals surface area contributed by atoms with Crippen molar-refractivity contribution in [2.24, 2.45) is 17.6 Å². The van der Waals surface area contributed by atoms with Crippen LogP contribution >= 0.6 is 11.8 Å². The third-order valence-corrected chi connectivity index (χ3v) is 11.9. The molecule has 3 aliphatic rings. The average Bonchev–Trinajstić information content (AvgIpc) is 3.80. The number of fused-ring (bicyclic) bond motifs is 5. The van der Waals surface area contributed by atoms with E-state index in [2.05, 4.69) is 42.4 Å². The van der Waals surface area contributed by atoms with Gasteiger partial charge in [0.05, 0.1) is 30.6 Å². The summed E-state index contributed by atoms with van der Waals surface area (Å²) in [5, 5.41) is 36.8. The Kier molecular flexibility index (Phi) is 15.7. The molecule has 2 aromatic rings. The number of aliphatic hydroxyl groups excluding tert-OH is 2. The van der Waals surface area contributed by atoms with Gasteiger partial charge in [-0.05, 0) is 17.5 Å². The molecule has 3 aliphatic heterocycles. The minimum Gasteiger partial charge on any atom is -0.396 e. The Bertz CT molecular complexity index is 2030. The fourth-order valence-corrected chi connectivity index (χ4v) is 8.26. The Labute approximate surface area is 353 Å². The summed E-state index contributed by atoms with van der Waals surface area (Å²) in [7, 11) is 0. The van der Waals surface area contributed by atoms with Crippen molar-refractivity contribution in [3.63, 3.8) is 0 Å². The summed E-state index contributed by atoms with van der Waals surface area (Å²) in [5.41, 5.74) is 9.05. The van der Waals surface area contributed by atoms with E-state index in [-0.39, 0.29) is 18.6 Å². The first-order valence-corrected chi connectivity index (χ1v) is 20.8. The first-order valence-electron chi connectivity index (χ1n) is 19.8. The zero-order valence-electron chi connectivity index (χ0n) is 33.8. The van der Waals surface area contributed by atoms with E-state index < -0.39 is 140 Å². The Morgan fingerprint density at radius 1 is 0.885 bits per heavy atom. The van der Waals surface area contributed by atoms with E-state index in [1.165, 1.54) is 6.92 Å². The Morgan fingerprint density at radius 2 is 1.57 bits per heavy atom. The van der Waals surface area contributed by atoms with E-state index in [0.717, 1.165) is 16.7 Å². The first kappa shape index (κ1) is 46.3. The number of H-pyrrole nitrogens is 1. The van der Waals surface area contributed by atoms with Crippen molar-refractivity contribution in [2.75, 3.05) is 32.0 Å². The van der Waals surface area contributed by atoms with E-state index in [4.69, 9.17) is 10.6 Å². The zero-order chi connectivity index (χ0) is 44.5. The molecule has 1 aromatic carbocycles. The SMILES string of the molecule is CCC(C)C1NC(=O)CNC(=O)C2Cc3c([nH]c4ccccc34)SCC(NC(=O)CNC1=O)C(=O)NC(CC(N)=O)C(=O)N1CC(O)CC1C(=O)N[C@@H]([C@H](C)CO)C(=O)ON2. The molecule has 0 spiro atoms. The van der Waals surface area contributed by atoms with E-state index in [9.17, 15) is 53.4 Å². The highest BCUT2D eigenvalue weighted by molar-refractivity contribution is 7.99. The van der Waals surface area contributed by atoms with Crippen LogP contribution in [-0.4, -0.2) is 148 Å². The lowest BCUT2D eigenvalue weighted by molar-refractivity contribution is -0.160. The predicted molar refractivity (Wildman–Crippen MR) is 215 cm³/mol. The highest BCUT2D eigenvalue weighted by Gasteiger charge is 2.44. The predicted octanol–water partition coefficient (Wildman–Crippen LogP) is -4.07. The van der Waals surface area contributed by atoms with Gasteiger partial charge in [-0.15, -0.1) is 17.2 Å². The molecule has 1 aromatic heterocycles. The quantitative estimate of drug-likeness (QED) is 0.132. The van der Waals surface area contributed by atoms with Crippen LogP contribution in [0.3, 0.4) is 0 Å². The van der Waals surface area contributed by atoms with Crippen molar-refractivity contribution in [2.45, 2.75) is 93.8 Å². The number of nitrogens with zero attached hydrogens (tertiary/aromatic N) is 1. The minimum atomic E-state index is -1.70. The molecule has 9 atom stereocenters. The number of primary amides is 1. The molecular formula is C38H52N10O12S. The lowest BCUT2D eigenvalue weighted by Crippen LogP contribution is -2.59. The standard InChI is InChI=1S/C38H52N10O12S/c1-4-17(2)30-35(57)41-12-28(52)42-25-16-61-36-21(20-7-5-6-8-22(20)44-36)10-23(32(54)40-13-29(53)45-30)47-60-38(59)31(18(3)15-49)46-34(56)26-9-19(50)14-48(26)37(58)24(11-27(39)51)43-33(25)55/h5-8,17-19,23-26,30-31,44,47,49-50H,4,9-16H2,1-3H3,(H2,39,51)(H,40,54)(H,41,57)(H,42,52)(H,43,55)(H,45,53)(H,46,56)/t17?,18-,19?,23?,24?,25?,26?,30?,31+/m1/s1. The van der Waals surface area contributed by atoms with Gasteiger partial charge >= 0.3 is 5.97 Å². The molecule has 8 amide bonds. The molecule has 23 heteroatoms. The van der Waals surface area contributed by atoms with Crippen LogP contribution in [-0.2, 0) is 54.4 Å². The summed E-state index contributed by atoms with van der Waals surface area (Å²) >= 11 is 1.04. The summed E-state index contributed by atoms with van der Waals surface area (Å²) in [6, 6.07) is -1.79. The number of benzene rings is 1. The molecule has 7 unspecified atom stereocenters. The van der Waals surface area contributed by atoms with Crippen LogP contribution in [0.5, 0.6) is 0 Å². The van der Waals surface area contributed by atoms with Crippen LogP contribution in [0.25, 0.3) is 10.9 Å². The Balaban J connectivity index is 1.65. The number of rotatable bonds is 6. The molecule has 22 nitrogen and oxygen atoms in total. The minimum absolute atomic E-state index is 0.217. The van der Waals surface area contributed by atoms with Gasteiger partial charge in [-0.3, -0.25) is 38.4 Å². The number of hydrogen-bond acceptors (Lipinski definition) is 14. The van der Waals surface area contributed by atoms with Crippen LogP contribution in [0.2, 0.25) is 0 Å². The van der Waals surface area contributed by atoms with Crippen LogP contribution in [0.15, 0.2) is 29.3 Å². The fourth-order valence-electron chi connectivity index (χ4n) is 7.14. The molecule has 12 N–H and O–H groups in total. The topological polar surface area (TPSA) is 333 Å². The molecule has 332 valence electrons. The lowest BCUT2D eigenvalue weighted by Gasteiger charge is -2.30. The van der Waals surface area contributed by atoms with Gasteiger partial charge in [-0.1, -0.05) is 45.4 Å². The van der Waals surface area contributed by atoms with Gasteiger partial charge in [0, 0.05) is 48.6 Å². The molecule has 0 aliphatic carbocycles. The molecule has 4 heterocycles. The van der Waals surface area contributed by atoms with Crippen LogP contribution < -0.4 is 43.1 Å². The second-order valence-electron chi connectivity index (χ2n) is 15.3. The summed E-state index contributed by atoms with van der Waals surface area (Å²) in [6.07, 6.45) is -2.11. The van der Waals surface area contributed by atoms with Crippen LogP contribution in [0.4, 0.5) is 0 Å².